The van der Waals surface area contributed by atoms with Gasteiger partial charge in [-0.2, -0.15) is 5.10 Å². The van der Waals surface area contributed by atoms with Crippen LogP contribution in [0.15, 0.2) is 18.5 Å². The lowest BCUT2D eigenvalue weighted by Crippen LogP contribution is -2.35. The van der Waals surface area contributed by atoms with Crippen molar-refractivity contribution in [3.05, 3.63) is 18.5 Å². The van der Waals surface area contributed by atoms with Crippen LogP contribution >= 0.6 is 0 Å². The van der Waals surface area contributed by atoms with Crippen LogP contribution in [0.5, 0.6) is 0 Å². The summed E-state index contributed by atoms with van der Waals surface area (Å²) in [5.41, 5.74) is 0. The second-order valence-electron chi connectivity index (χ2n) is 3.45. The fraction of sp³-hybridized carbons (Fsp3) is 0.667. The summed E-state index contributed by atoms with van der Waals surface area (Å²) in [6, 6.07) is 2.64. The molecule has 66 valence electrons. The number of rotatable bonds is 3. The first-order valence-corrected chi connectivity index (χ1v) is 4.55. The minimum atomic E-state index is 0.646. The summed E-state index contributed by atoms with van der Waals surface area (Å²) in [6.45, 7) is 1.12. The normalized spacial score (nSPS) is 28.4. The lowest BCUT2D eigenvalue weighted by Gasteiger charge is -2.36. The number of nitrogens with one attached hydrogen (secondary N) is 1. The van der Waals surface area contributed by atoms with Crippen molar-refractivity contribution in [2.24, 2.45) is 5.92 Å². The predicted octanol–water partition coefficient (Wildman–Crippen LogP) is 1.05. The molecule has 1 fully saturated rings. The van der Waals surface area contributed by atoms with Crippen molar-refractivity contribution in [2.75, 3.05) is 13.6 Å². The van der Waals surface area contributed by atoms with Crippen LogP contribution in [-0.4, -0.2) is 23.4 Å². The van der Waals surface area contributed by atoms with Crippen LogP contribution in [0.4, 0.5) is 0 Å². The summed E-state index contributed by atoms with van der Waals surface area (Å²) in [5.74, 6) is 0.787. The van der Waals surface area contributed by atoms with E-state index < -0.39 is 0 Å². The lowest BCUT2D eigenvalue weighted by molar-refractivity contribution is 0.166. The van der Waals surface area contributed by atoms with Crippen LogP contribution in [0.25, 0.3) is 0 Å². The van der Waals surface area contributed by atoms with Crippen molar-refractivity contribution in [3.8, 4) is 0 Å². The Bertz CT molecular complexity index is 230. The molecule has 0 spiro atoms. The van der Waals surface area contributed by atoms with Crippen molar-refractivity contribution in [1.29, 1.82) is 0 Å². The van der Waals surface area contributed by atoms with Gasteiger partial charge < -0.3 is 5.32 Å². The van der Waals surface area contributed by atoms with Gasteiger partial charge in [0.05, 0.1) is 6.04 Å². The van der Waals surface area contributed by atoms with Gasteiger partial charge in [-0.3, -0.25) is 4.68 Å². The van der Waals surface area contributed by atoms with Crippen LogP contribution in [0.3, 0.4) is 0 Å². The first-order chi connectivity index (χ1) is 5.92. The largest absolute Gasteiger partial charge is 0.319 e. The Balaban J connectivity index is 1.97. The molecule has 3 nitrogen and oxygen atoms in total. The number of aromatic nitrogens is 2. The molecule has 0 radical (unpaired) electrons. The number of nitrogens with zero attached hydrogens (tertiary/aromatic N) is 2. The molecular formula is C9H15N3. The zero-order valence-corrected chi connectivity index (χ0v) is 7.40. The molecule has 1 N–H and O–H groups in total. The fourth-order valence-corrected chi connectivity index (χ4v) is 1.88. The third-order valence-corrected chi connectivity index (χ3v) is 2.71. The molecule has 3 heteroatoms. The number of hydrogen-bond donors (Lipinski definition) is 1. The van der Waals surface area contributed by atoms with E-state index >= 15 is 0 Å². The second-order valence-corrected chi connectivity index (χ2v) is 3.45. The van der Waals surface area contributed by atoms with E-state index in [0.29, 0.717) is 6.04 Å². The van der Waals surface area contributed by atoms with Gasteiger partial charge in [-0.25, -0.2) is 0 Å². The standard InChI is InChI=1S/C9H15N3/c1-10-7-8-3-4-9(8)12-6-2-5-11-12/h2,5-6,8-10H,3-4,7H2,1H3. The zero-order valence-electron chi connectivity index (χ0n) is 7.40. The minimum Gasteiger partial charge on any atom is -0.319 e. The molecular weight excluding hydrogens is 150 g/mol. The first kappa shape index (κ1) is 7.80. The van der Waals surface area contributed by atoms with Gasteiger partial charge in [-0.15, -0.1) is 0 Å². The zero-order chi connectivity index (χ0) is 8.39. The van der Waals surface area contributed by atoms with Crippen molar-refractivity contribution < 1.29 is 0 Å². The van der Waals surface area contributed by atoms with Crippen molar-refractivity contribution in [3.63, 3.8) is 0 Å². The van der Waals surface area contributed by atoms with Gasteiger partial charge in [0, 0.05) is 12.4 Å². The molecule has 0 aliphatic heterocycles. The smallest absolute Gasteiger partial charge is 0.0559 e. The summed E-state index contributed by atoms with van der Waals surface area (Å²) in [4.78, 5) is 0. The number of hydrogen-bond acceptors (Lipinski definition) is 2. The van der Waals surface area contributed by atoms with E-state index in [0.717, 1.165) is 12.5 Å². The quantitative estimate of drug-likeness (QED) is 0.725. The summed E-state index contributed by atoms with van der Waals surface area (Å²) < 4.78 is 2.09. The SMILES string of the molecule is CNCC1CCC1n1cccn1. The van der Waals surface area contributed by atoms with Gasteiger partial charge in [0.1, 0.15) is 0 Å². The maximum atomic E-state index is 4.26. The van der Waals surface area contributed by atoms with Crippen LogP contribution < -0.4 is 5.32 Å². The summed E-state index contributed by atoms with van der Waals surface area (Å²) in [7, 11) is 2.01. The molecule has 1 heterocycles. The highest BCUT2D eigenvalue weighted by molar-refractivity contribution is 4.90. The van der Waals surface area contributed by atoms with Crippen LogP contribution in [-0.2, 0) is 0 Å². The molecule has 1 aromatic rings. The highest BCUT2D eigenvalue weighted by atomic mass is 15.3. The van der Waals surface area contributed by atoms with E-state index in [9.17, 15) is 0 Å². The van der Waals surface area contributed by atoms with Gasteiger partial charge in [-0.1, -0.05) is 0 Å². The molecule has 2 unspecified atom stereocenters. The van der Waals surface area contributed by atoms with Gasteiger partial charge in [0.15, 0.2) is 0 Å². The molecule has 1 aromatic heterocycles. The maximum absolute atomic E-state index is 4.26. The molecule has 1 saturated carbocycles. The summed E-state index contributed by atoms with van der Waals surface area (Å²) >= 11 is 0. The van der Waals surface area contributed by atoms with Gasteiger partial charge in [-0.05, 0) is 38.4 Å². The molecule has 2 atom stereocenters. The third-order valence-electron chi connectivity index (χ3n) is 2.71. The predicted molar refractivity (Wildman–Crippen MR) is 47.9 cm³/mol. The molecule has 0 amide bonds. The molecule has 0 bridgehead atoms. The average molecular weight is 165 g/mol. The maximum Gasteiger partial charge on any atom is 0.0559 e. The highest BCUT2D eigenvalue weighted by Gasteiger charge is 2.31. The van der Waals surface area contributed by atoms with Crippen LogP contribution in [0.2, 0.25) is 0 Å². The Hall–Kier alpha value is -0.830. The molecule has 2 rings (SSSR count). The monoisotopic (exact) mass is 165 g/mol. The average Bonchev–Trinajstić information content (AvgIpc) is 2.51. The topological polar surface area (TPSA) is 29.9 Å². The van der Waals surface area contributed by atoms with Gasteiger partial charge in [0.25, 0.3) is 0 Å². The summed E-state index contributed by atoms with van der Waals surface area (Å²) in [6.07, 6.45) is 6.54. The third kappa shape index (κ3) is 1.25. The van der Waals surface area contributed by atoms with E-state index in [1.54, 1.807) is 0 Å². The van der Waals surface area contributed by atoms with E-state index in [2.05, 4.69) is 21.3 Å². The Kier molecular flexibility index (Phi) is 2.13. The summed E-state index contributed by atoms with van der Waals surface area (Å²) in [5, 5.41) is 7.48. The van der Waals surface area contributed by atoms with Crippen LogP contribution in [0.1, 0.15) is 18.9 Å². The van der Waals surface area contributed by atoms with Crippen molar-refractivity contribution >= 4 is 0 Å². The second kappa shape index (κ2) is 3.27. The van der Waals surface area contributed by atoms with E-state index in [1.807, 2.05) is 19.3 Å². The Morgan fingerprint density at radius 1 is 1.58 bits per heavy atom. The molecule has 12 heavy (non-hydrogen) atoms. The van der Waals surface area contributed by atoms with Crippen LogP contribution in [0, 0.1) is 5.92 Å². The van der Waals surface area contributed by atoms with Gasteiger partial charge >= 0.3 is 0 Å². The fourth-order valence-electron chi connectivity index (χ4n) is 1.88. The van der Waals surface area contributed by atoms with E-state index in [1.165, 1.54) is 12.8 Å². The van der Waals surface area contributed by atoms with Gasteiger partial charge in [0.2, 0.25) is 0 Å². The first-order valence-electron chi connectivity index (χ1n) is 4.55. The Morgan fingerprint density at radius 3 is 3.00 bits per heavy atom. The lowest BCUT2D eigenvalue weighted by atomic mass is 9.79. The molecule has 0 saturated heterocycles. The molecule has 0 aromatic carbocycles. The molecule has 1 aliphatic rings. The Labute approximate surface area is 72.8 Å². The van der Waals surface area contributed by atoms with Crippen molar-refractivity contribution in [1.82, 2.24) is 15.1 Å². The molecule has 1 aliphatic carbocycles. The Morgan fingerprint density at radius 2 is 2.50 bits per heavy atom. The highest BCUT2D eigenvalue weighted by Crippen LogP contribution is 2.37. The van der Waals surface area contributed by atoms with E-state index in [-0.39, 0.29) is 0 Å². The minimum absolute atomic E-state index is 0.646. The van der Waals surface area contributed by atoms with Crippen molar-refractivity contribution in [2.45, 2.75) is 18.9 Å². The van der Waals surface area contributed by atoms with E-state index in [4.69, 9.17) is 0 Å².